The molecule has 1 fully saturated rings. The fourth-order valence-corrected chi connectivity index (χ4v) is 7.90. The number of rotatable bonds is 38. The Kier molecular flexibility index (Phi) is 32.8. The highest BCUT2D eigenvalue weighted by molar-refractivity contribution is 7.45. The van der Waals surface area contributed by atoms with Gasteiger partial charge in [-0.05, 0) is 70.1 Å². The first-order valence-corrected chi connectivity index (χ1v) is 25.1. The summed E-state index contributed by atoms with van der Waals surface area (Å²) >= 11 is 0. The highest BCUT2D eigenvalue weighted by Crippen LogP contribution is 2.39. The standard InChI is InChI=1S/C48H86NO11P/c1-6-8-10-11-12-13-14-15-16-17-18-19-20-21-22-23-29-33-48(54)60-42(40-59-61(55,56)58-37-36-49(3,4)5)39-57-47(53)32-28-25-24-27-31-43-44(46(52)38-45(43)51)35-34-41(50)30-26-9-7-2/h12-13,15-16,18-19,34-35,41-46,50-52H,6-11,14,17,20-33,36-40H2,1-5H3/b13-12-,16-15-,19-18-,35-34+/t41-,42+,43+,44+,45-,46+/m0/s1. The largest absolute Gasteiger partial charge is 0.756 e. The van der Waals surface area contributed by atoms with Crippen LogP contribution in [-0.4, -0.2) is 104 Å². The molecular weight excluding hydrogens is 797 g/mol. The van der Waals surface area contributed by atoms with Crippen molar-refractivity contribution < 1.29 is 57.4 Å². The number of phosphoric acid groups is 1. The molecule has 354 valence electrons. The Morgan fingerprint density at radius 2 is 1.31 bits per heavy atom. The van der Waals surface area contributed by atoms with Crippen molar-refractivity contribution in [3.05, 3.63) is 48.6 Å². The number of unbranched alkanes of at least 4 members (excludes halogenated alkanes) is 12. The quantitative estimate of drug-likeness (QED) is 0.0178. The molecule has 0 spiro atoms. The Labute approximate surface area is 370 Å². The van der Waals surface area contributed by atoms with E-state index in [1.807, 2.05) is 27.2 Å². The van der Waals surface area contributed by atoms with Gasteiger partial charge >= 0.3 is 11.9 Å². The minimum Gasteiger partial charge on any atom is -0.756 e. The van der Waals surface area contributed by atoms with Crippen LogP contribution in [0.15, 0.2) is 48.6 Å². The molecule has 0 radical (unpaired) electrons. The summed E-state index contributed by atoms with van der Waals surface area (Å²) in [6, 6.07) is 0. The van der Waals surface area contributed by atoms with Crippen LogP contribution in [-0.2, 0) is 32.7 Å². The summed E-state index contributed by atoms with van der Waals surface area (Å²) in [6.45, 7) is 3.83. The van der Waals surface area contributed by atoms with Gasteiger partial charge in [-0.25, -0.2) is 0 Å². The number of esters is 2. The fraction of sp³-hybridized carbons (Fsp3) is 0.792. The molecule has 1 unspecified atom stereocenters. The fourth-order valence-electron chi connectivity index (χ4n) is 7.17. The lowest BCUT2D eigenvalue weighted by Crippen LogP contribution is -2.37. The van der Waals surface area contributed by atoms with E-state index in [9.17, 15) is 34.4 Å². The zero-order chi connectivity index (χ0) is 45.2. The van der Waals surface area contributed by atoms with E-state index in [0.29, 0.717) is 36.7 Å². The van der Waals surface area contributed by atoms with E-state index < -0.39 is 50.8 Å². The summed E-state index contributed by atoms with van der Waals surface area (Å²) < 4.78 is 33.9. The Morgan fingerprint density at radius 1 is 0.738 bits per heavy atom. The first-order valence-electron chi connectivity index (χ1n) is 23.6. The van der Waals surface area contributed by atoms with E-state index in [2.05, 4.69) is 50.3 Å². The summed E-state index contributed by atoms with van der Waals surface area (Å²) in [5.41, 5.74) is 0. The smallest absolute Gasteiger partial charge is 0.306 e. The third-order valence-electron chi connectivity index (χ3n) is 10.9. The number of ether oxygens (including phenoxy) is 2. The van der Waals surface area contributed by atoms with E-state index in [4.69, 9.17) is 18.5 Å². The van der Waals surface area contributed by atoms with Crippen LogP contribution in [0.2, 0.25) is 0 Å². The summed E-state index contributed by atoms with van der Waals surface area (Å²) in [5, 5.41) is 31.4. The predicted molar refractivity (Wildman–Crippen MR) is 242 cm³/mol. The molecule has 61 heavy (non-hydrogen) atoms. The summed E-state index contributed by atoms with van der Waals surface area (Å²) in [6.07, 6.45) is 33.4. The molecule has 3 N–H and O–H groups in total. The van der Waals surface area contributed by atoms with Gasteiger partial charge in [0.15, 0.2) is 6.10 Å². The maximum Gasteiger partial charge on any atom is 0.306 e. The third kappa shape index (κ3) is 32.2. The SMILES string of the molecule is CCCCC/C=C\C/C=C\C/C=C\CCCCCCC(=O)O[C@H](COC(=O)CCCCCC[C@@H]1[C@@H](/C=C/[C@@H](O)CCCCC)[C@H](O)C[C@@H]1O)COP(=O)([O-])OCC[N+](C)(C)C. The van der Waals surface area contributed by atoms with Gasteiger partial charge in [-0.3, -0.25) is 14.2 Å². The predicted octanol–water partition coefficient (Wildman–Crippen LogP) is 9.21. The van der Waals surface area contributed by atoms with Crippen molar-refractivity contribution in [2.75, 3.05) is 47.5 Å². The average molecular weight is 884 g/mol. The second-order valence-corrected chi connectivity index (χ2v) is 19.1. The van der Waals surface area contributed by atoms with Crippen molar-refractivity contribution in [1.82, 2.24) is 0 Å². The molecule has 13 heteroatoms. The second kappa shape index (κ2) is 35.2. The zero-order valence-corrected chi connectivity index (χ0v) is 39.6. The van der Waals surface area contributed by atoms with E-state index >= 15 is 0 Å². The average Bonchev–Trinajstić information content (AvgIpc) is 3.47. The maximum absolute atomic E-state index is 12.7. The van der Waals surface area contributed by atoms with Gasteiger partial charge in [0.1, 0.15) is 19.8 Å². The van der Waals surface area contributed by atoms with Crippen LogP contribution in [0.5, 0.6) is 0 Å². The Bertz CT molecular complexity index is 1300. The molecule has 1 aliphatic rings. The lowest BCUT2D eigenvalue weighted by atomic mass is 9.88. The number of carbonyl (C=O) groups is 2. The molecule has 0 aromatic heterocycles. The van der Waals surface area contributed by atoms with Crippen LogP contribution < -0.4 is 4.89 Å². The Balaban J connectivity index is 2.46. The van der Waals surface area contributed by atoms with Gasteiger partial charge in [-0.2, -0.15) is 0 Å². The van der Waals surface area contributed by atoms with Crippen LogP contribution in [0.1, 0.15) is 162 Å². The summed E-state index contributed by atoms with van der Waals surface area (Å²) in [4.78, 5) is 37.8. The number of aliphatic hydroxyl groups is 3. The number of aliphatic hydroxyl groups excluding tert-OH is 3. The number of quaternary nitrogens is 1. The van der Waals surface area contributed by atoms with Crippen LogP contribution >= 0.6 is 7.82 Å². The van der Waals surface area contributed by atoms with Gasteiger partial charge < -0.3 is 43.2 Å². The van der Waals surface area contributed by atoms with Crippen molar-refractivity contribution in [3.8, 4) is 0 Å². The van der Waals surface area contributed by atoms with Crippen LogP contribution in [0.4, 0.5) is 0 Å². The van der Waals surface area contributed by atoms with E-state index in [-0.39, 0.29) is 37.9 Å². The lowest BCUT2D eigenvalue weighted by Gasteiger charge is -2.28. The van der Waals surface area contributed by atoms with Crippen molar-refractivity contribution in [1.29, 1.82) is 0 Å². The van der Waals surface area contributed by atoms with Crippen LogP contribution in [0, 0.1) is 11.8 Å². The number of carbonyl (C=O) groups excluding carboxylic acids is 2. The number of nitrogens with zero attached hydrogens (tertiary/aromatic N) is 1. The Hall–Kier alpha value is -2.15. The molecule has 0 heterocycles. The topological polar surface area (TPSA) is 172 Å². The monoisotopic (exact) mass is 884 g/mol. The highest BCUT2D eigenvalue weighted by Gasteiger charge is 2.39. The van der Waals surface area contributed by atoms with Gasteiger partial charge in [0, 0.05) is 25.2 Å². The van der Waals surface area contributed by atoms with Crippen LogP contribution in [0.3, 0.4) is 0 Å². The van der Waals surface area contributed by atoms with Crippen molar-refractivity contribution >= 4 is 19.8 Å². The molecule has 1 aliphatic carbocycles. The van der Waals surface area contributed by atoms with Gasteiger partial charge in [-0.1, -0.05) is 127 Å². The van der Waals surface area contributed by atoms with E-state index in [1.165, 1.54) is 19.3 Å². The highest BCUT2D eigenvalue weighted by atomic mass is 31.2. The second-order valence-electron chi connectivity index (χ2n) is 17.7. The molecule has 12 nitrogen and oxygen atoms in total. The van der Waals surface area contributed by atoms with Gasteiger partial charge in [0.25, 0.3) is 7.82 Å². The van der Waals surface area contributed by atoms with E-state index in [0.717, 1.165) is 89.9 Å². The minimum atomic E-state index is -4.69. The first kappa shape index (κ1) is 56.9. The lowest BCUT2D eigenvalue weighted by molar-refractivity contribution is -0.870. The van der Waals surface area contributed by atoms with Crippen LogP contribution in [0.25, 0.3) is 0 Å². The number of phosphoric ester groups is 1. The zero-order valence-electron chi connectivity index (χ0n) is 38.7. The summed E-state index contributed by atoms with van der Waals surface area (Å²) in [5.74, 6) is -1.29. The maximum atomic E-state index is 12.7. The van der Waals surface area contributed by atoms with E-state index in [1.54, 1.807) is 6.08 Å². The van der Waals surface area contributed by atoms with Gasteiger partial charge in [0.05, 0.1) is 46.1 Å². The first-order chi connectivity index (χ1) is 29.2. The summed E-state index contributed by atoms with van der Waals surface area (Å²) in [7, 11) is 1.03. The molecule has 0 bridgehead atoms. The normalized spacial score (nSPS) is 20.6. The molecule has 0 amide bonds. The number of likely N-dealkylation sites (N-methyl/N-ethyl adjacent to an activating group) is 1. The molecule has 1 rings (SSSR count). The van der Waals surface area contributed by atoms with Crippen molar-refractivity contribution in [3.63, 3.8) is 0 Å². The third-order valence-corrected chi connectivity index (χ3v) is 11.9. The Morgan fingerprint density at radius 3 is 1.95 bits per heavy atom. The number of hydrogen-bond donors (Lipinski definition) is 3. The van der Waals surface area contributed by atoms with Crippen molar-refractivity contribution in [2.24, 2.45) is 11.8 Å². The molecule has 0 saturated heterocycles. The molecule has 0 aromatic rings. The molecule has 7 atom stereocenters. The number of allylic oxidation sites excluding steroid dienone is 6. The minimum absolute atomic E-state index is 0.0716. The van der Waals surface area contributed by atoms with Gasteiger partial charge in [-0.15, -0.1) is 0 Å². The molecular formula is C48H86NO11P. The number of hydrogen-bond acceptors (Lipinski definition) is 11. The van der Waals surface area contributed by atoms with Gasteiger partial charge in [0.2, 0.25) is 0 Å². The molecule has 0 aliphatic heterocycles. The van der Waals surface area contributed by atoms with Crippen molar-refractivity contribution in [2.45, 2.75) is 186 Å². The molecule has 1 saturated carbocycles. The molecule has 0 aromatic carbocycles.